The number of aromatic nitrogens is 1. The topological polar surface area (TPSA) is 49.6 Å². The van der Waals surface area contributed by atoms with Gasteiger partial charge < -0.3 is 9.32 Å². The van der Waals surface area contributed by atoms with Gasteiger partial charge in [0, 0.05) is 26.2 Å². The average Bonchev–Trinajstić information content (AvgIpc) is 3.06. The molecular weight excluding hydrogens is 290 g/mol. The SMILES string of the molecule is Cc1nc(CN2CCCN(C(=O)C34CCCC3C4)CC2)oc1C. The van der Waals surface area contributed by atoms with E-state index in [0.29, 0.717) is 11.8 Å². The Labute approximate surface area is 138 Å². The number of aryl methyl sites for hydroxylation is 2. The van der Waals surface area contributed by atoms with Crippen molar-refractivity contribution in [2.45, 2.75) is 52.5 Å². The summed E-state index contributed by atoms with van der Waals surface area (Å²) < 4.78 is 5.70. The van der Waals surface area contributed by atoms with Crippen molar-refractivity contribution in [3.63, 3.8) is 0 Å². The maximum absolute atomic E-state index is 12.9. The molecule has 2 unspecified atom stereocenters. The first-order valence-corrected chi connectivity index (χ1v) is 9.03. The fraction of sp³-hybridized carbons (Fsp3) is 0.778. The van der Waals surface area contributed by atoms with Crippen molar-refractivity contribution in [3.8, 4) is 0 Å². The molecule has 3 aliphatic rings. The smallest absolute Gasteiger partial charge is 0.229 e. The highest BCUT2D eigenvalue weighted by atomic mass is 16.4. The standard InChI is InChI=1S/C18H27N3O2/c1-13-14(2)23-16(19-13)12-20-7-4-8-21(10-9-20)17(22)18-6-3-5-15(18)11-18/h15H,3-12H2,1-2H3. The third kappa shape index (κ3) is 2.69. The predicted octanol–water partition coefficient (Wildman–Crippen LogP) is 2.52. The molecule has 23 heavy (non-hydrogen) atoms. The zero-order chi connectivity index (χ0) is 16.0. The van der Waals surface area contributed by atoms with E-state index in [-0.39, 0.29) is 5.41 Å². The third-order valence-electron chi connectivity index (χ3n) is 6.14. The summed E-state index contributed by atoms with van der Waals surface area (Å²) in [5.41, 5.74) is 1.04. The van der Waals surface area contributed by atoms with Gasteiger partial charge in [-0.15, -0.1) is 0 Å². The molecule has 0 bridgehead atoms. The Morgan fingerprint density at radius 3 is 2.78 bits per heavy atom. The molecule has 5 heteroatoms. The molecule has 1 aromatic rings. The van der Waals surface area contributed by atoms with Crippen molar-refractivity contribution in [1.29, 1.82) is 0 Å². The minimum absolute atomic E-state index is 0.0615. The largest absolute Gasteiger partial charge is 0.444 e. The fourth-order valence-corrected chi connectivity index (χ4v) is 4.54. The molecule has 5 nitrogen and oxygen atoms in total. The number of nitrogens with zero attached hydrogens (tertiary/aromatic N) is 3. The average molecular weight is 317 g/mol. The number of carbonyl (C=O) groups is 1. The van der Waals surface area contributed by atoms with Gasteiger partial charge in [0.2, 0.25) is 11.8 Å². The van der Waals surface area contributed by atoms with Crippen molar-refractivity contribution in [2.75, 3.05) is 26.2 Å². The summed E-state index contributed by atoms with van der Waals surface area (Å²) in [6.07, 6.45) is 5.85. The number of oxazole rings is 1. The van der Waals surface area contributed by atoms with Crippen LogP contribution in [0.3, 0.4) is 0 Å². The molecule has 126 valence electrons. The van der Waals surface area contributed by atoms with Crippen LogP contribution in [0.25, 0.3) is 0 Å². The van der Waals surface area contributed by atoms with E-state index in [9.17, 15) is 4.79 Å². The first-order chi connectivity index (χ1) is 11.1. The van der Waals surface area contributed by atoms with Gasteiger partial charge in [-0.25, -0.2) is 4.98 Å². The number of amides is 1. The third-order valence-corrected chi connectivity index (χ3v) is 6.14. The molecular formula is C18H27N3O2. The zero-order valence-corrected chi connectivity index (χ0v) is 14.3. The van der Waals surface area contributed by atoms with Gasteiger partial charge in [0.25, 0.3) is 0 Å². The van der Waals surface area contributed by atoms with Crippen molar-refractivity contribution in [2.24, 2.45) is 11.3 Å². The molecule has 4 rings (SSSR count). The second-order valence-corrected chi connectivity index (χ2v) is 7.62. The maximum Gasteiger partial charge on any atom is 0.229 e. The first-order valence-electron chi connectivity index (χ1n) is 9.03. The molecule has 0 aromatic carbocycles. The summed E-state index contributed by atoms with van der Waals surface area (Å²) in [4.78, 5) is 21.9. The summed E-state index contributed by atoms with van der Waals surface area (Å²) in [7, 11) is 0. The van der Waals surface area contributed by atoms with Crippen LogP contribution in [0.5, 0.6) is 0 Å². The van der Waals surface area contributed by atoms with Gasteiger partial charge in [-0.1, -0.05) is 6.42 Å². The molecule has 2 aliphatic carbocycles. The van der Waals surface area contributed by atoms with E-state index in [1.54, 1.807) is 0 Å². The number of carbonyl (C=O) groups excluding carboxylic acids is 1. The van der Waals surface area contributed by atoms with Crippen LogP contribution in [0.1, 0.15) is 49.4 Å². The minimum atomic E-state index is 0.0615. The van der Waals surface area contributed by atoms with Gasteiger partial charge >= 0.3 is 0 Å². The number of fused-ring (bicyclic) bond motifs is 1. The van der Waals surface area contributed by atoms with E-state index >= 15 is 0 Å². The lowest BCUT2D eigenvalue weighted by atomic mass is 10.0. The summed E-state index contributed by atoms with van der Waals surface area (Å²) in [5.74, 6) is 2.86. The molecule has 2 heterocycles. The van der Waals surface area contributed by atoms with Gasteiger partial charge in [0.15, 0.2) is 0 Å². The first kappa shape index (κ1) is 15.2. The van der Waals surface area contributed by atoms with Crippen LogP contribution in [-0.2, 0) is 11.3 Å². The molecule has 0 radical (unpaired) electrons. The molecule has 1 aromatic heterocycles. The summed E-state index contributed by atoms with van der Waals surface area (Å²) in [6.45, 7) is 8.40. The number of rotatable bonds is 3. The Kier molecular flexibility index (Phi) is 3.71. The van der Waals surface area contributed by atoms with Crippen LogP contribution in [0.2, 0.25) is 0 Å². The lowest BCUT2D eigenvalue weighted by Gasteiger charge is -2.25. The highest BCUT2D eigenvalue weighted by Gasteiger charge is 2.62. The Hall–Kier alpha value is -1.36. The van der Waals surface area contributed by atoms with Crippen molar-refractivity contribution >= 4 is 5.91 Å². The van der Waals surface area contributed by atoms with Gasteiger partial charge in [0.1, 0.15) is 5.76 Å². The summed E-state index contributed by atoms with van der Waals surface area (Å²) in [5, 5.41) is 0. The van der Waals surface area contributed by atoms with E-state index in [2.05, 4.69) is 14.8 Å². The minimum Gasteiger partial charge on any atom is -0.444 e. The maximum atomic E-state index is 12.9. The molecule has 2 atom stereocenters. The second-order valence-electron chi connectivity index (χ2n) is 7.62. The highest BCUT2D eigenvalue weighted by molar-refractivity contribution is 5.86. The van der Waals surface area contributed by atoms with E-state index in [1.165, 1.54) is 12.8 Å². The van der Waals surface area contributed by atoms with Crippen molar-refractivity contribution in [1.82, 2.24) is 14.8 Å². The van der Waals surface area contributed by atoms with E-state index in [4.69, 9.17) is 4.42 Å². The quantitative estimate of drug-likeness (QED) is 0.859. The van der Waals surface area contributed by atoms with Gasteiger partial charge in [-0.05, 0) is 45.4 Å². The zero-order valence-electron chi connectivity index (χ0n) is 14.3. The molecule has 1 aliphatic heterocycles. The van der Waals surface area contributed by atoms with Crippen LogP contribution >= 0.6 is 0 Å². The molecule has 2 saturated carbocycles. The Balaban J connectivity index is 1.35. The monoisotopic (exact) mass is 317 g/mol. The van der Waals surface area contributed by atoms with E-state index < -0.39 is 0 Å². The second kappa shape index (κ2) is 5.62. The van der Waals surface area contributed by atoms with Crippen LogP contribution in [0.4, 0.5) is 0 Å². The van der Waals surface area contributed by atoms with Crippen LogP contribution in [0, 0.1) is 25.2 Å². The molecule has 1 saturated heterocycles. The van der Waals surface area contributed by atoms with Crippen LogP contribution in [-0.4, -0.2) is 46.9 Å². The van der Waals surface area contributed by atoms with Crippen molar-refractivity contribution < 1.29 is 9.21 Å². The van der Waals surface area contributed by atoms with Gasteiger partial charge in [0.05, 0.1) is 17.7 Å². The van der Waals surface area contributed by atoms with Crippen LogP contribution in [0.15, 0.2) is 4.42 Å². The van der Waals surface area contributed by atoms with E-state index in [1.807, 2.05) is 13.8 Å². The highest BCUT2D eigenvalue weighted by Crippen LogP contribution is 2.64. The predicted molar refractivity (Wildman–Crippen MR) is 86.8 cm³/mol. The Bertz CT molecular complexity index is 592. The molecule has 3 fully saturated rings. The Morgan fingerprint density at radius 1 is 1.26 bits per heavy atom. The molecule has 1 amide bonds. The molecule has 0 spiro atoms. The number of hydrogen-bond donors (Lipinski definition) is 0. The van der Waals surface area contributed by atoms with E-state index in [0.717, 1.165) is 69.3 Å². The van der Waals surface area contributed by atoms with Crippen LogP contribution < -0.4 is 0 Å². The normalized spacial score (nSPS) is 31.0. The summed E-state index contributed by atoms with van der Waals surface area (Å²) in [6, 6.07) is 0. The number of hydrogen-bond acceptors (Lipinski definition) is 4. The van der Waals surface area contributed by atoms with Crippen molar-refractivity contribution in [3.05, 3.63) is 17.3 Å². The van der Waals surface area contributed by atoms with Gasteiger partial charge in [-0.3, -0.25) is 9.69 Å². The summed E-state index contributed by atoms with van der Waals surface area (Å²) >= 11 is 0. The lowest BCUT2D eigenvalue weighted by Crippen LogP contribution is -2.40. The molecule has 0 N–H and O–H groups in total. The lowest BCUT2D eigenvalue weighted by molar-refractivity contribution is -0.137. The Morgan fingerprint density at radius 2 is 2.13 bits per heavy atom. The van der Waals surface area contributed by atoms with Gasteiger partial charge in [-0.2, -0.15) is 0 Å². The fourth-order valence-electron chi connectivity index (χ4n) is 4.54.